The molecule has 0 radical (unpaired) electrons. The lowest BCUT2D eigenvalue weighted by molar-refractivity contribution is -0.272. The van der Waals surface area contributed by atoms with Gasteiger partial charge < -0.3 is 14.9 Å². The third-order valence-electron chi connectivity index (χ3n) is 7.19. The Hall–Kier alpha value is -2.25. The maximum absolute atomic E-state index is 12.2. The van der Waals surface area contributed by atoms with Crippen LogP contribution in [0.15, 0.2) is 54.6 Å². The monoisotopic (exact) mass is 555 g/mol. The number of nitrogens with zero attached hydrogens (tertiary/aromatic N) is 1. The molecule has 0 bridgehead atoms. The van der Waals surface area contributed by atoms with Crippen LogP contribution in [0, 0.1) is 5.92 Å². The first-order valence-corrected chi connectivity index (χ1v) is 15.1. The summed E-state index contributed by atoms with van der Waals surface area (Å²) in [6, 6.07) is 18.8. The van der Waals surface area contributed by atoms with Crippen molar-refractivity contribution in [3.8, 4) is 0 Å². The Kier molecular flexibility index (Phi) is 14.9. The lowest BCUT2D eigenvalue weighted by Gasteiger charge is -2.44. The van der Waals surface area contributed by atoms with Gasteiger partial charge in [0.15, 0.2) is 0 Å². The van der Waals surface area contributed by atoms with E-state index >= 15 is 0 Å². The fraction of sp³-hybridized carbons (Fsp3) is 0.618. The molecular formula is C34H53NO5. The molecule has 6 nitrogen and oxygen atoms in total. The fourth-order valence-electron chi connectivity index (χ4n) is 4.88. The Balaban J connectivity index is 1.81. The largest absolute Gasteiger partial charge is 0.461 e. The van der Waals surface area contributed by atoms with Crippen molar-refractivity contribution in [1.82, 2.24) is 5.06 Å². The molecule has 2 aromatic carbocycles. The molecular weight excluding hydrogens is 502 g/mol. The molecule has 0 heterocycles. The van der Waals surface area contributed by atoms with Crippen molar-refractivity contribution in [1.29, 1.82) is 0 Å². The van der Waals surface area contributed by atoms with Crippen molar-refractivity contribution < 1.29 is 24.6 Å². The minimum absolute atomic E-state index is 0.119. The maximum Gasteiger partial charge on any atom is 0.306 e. The first-order valence-electron chi connectivity index (χ1n) is 15.1. The van der Waals surface area contributed by atoms with Crippen molar-refractivity contribution in [2.45, 2.75) is 123 Å². The van der Waals surface area contributed by atoms with E-state index in [1.807, 2.05) is 18.2 Å². The quantitative estimate of drug-likeness (QED) is 0.111. The summed E-state index contributed by atoms with van der Waals surface area (Å²) < 4.78 is 5.50. The van der Waals surface area contributed by atoms with Gasteiger partial charge in [0.2, 0.25) is 0 Å². The van der Waals surface area contributed by atoms with Crippen LogP contribution in [-0.4, -0.2) is 39.5 Å². The molecule has 224 valence electrons. The number of esters is 1. The van der Waals surface area contributed by atoms with E-state index in [4.69, 9.17) is 14.7 Å². The summed E-state index contributed by atoms with van der Waals surface area (Å²) in [5.41, 5.74) is 3.08. The average Bonchev–Trinajstić information content (AvgIpc) is 2.92. The zero-order chi connectivity index (χ0) is 29.5. The molecule has 3 atom stereocenters. The Morgan fingerprint density at radius 2 is 1.45 bits per heavy atom. The third-order valence-corrected chi connectivity index (χ3v) is 7.19. The number of aliphatic hydroxyl groups excluding tert-OH is 2. The van der Waals surface area contributed by atoms with E-state index in [-0.39, 0.29) is 36.9 Å². The van der Waals surface area contributed by atoms with E-state index in [1.54, 1.807) is 0 Å². The Bertz CT molecular complexity index is 955. The summed E-state index contributed by atoms with van der Waals surface area (Å²) >= 11 is 0. The summed E-state index contributed by atoms with van der Waals surface area (Å²) in [5.74, 6) is 0.205. The molecule has 0 aliphatic rings. The Morgan fingerprint density at radius 1 is 0.850 bits per heavy atom. The van der Waals surface area contributed by atoms with Crippen LogP contribution in [0.1, 0.15) is 122 Å². The first kappa shape index (κ1) is 34.0. The SMILES string of the molecule is CC(ON(C(c1ccccc1)C(C)C)C(C)(C)C)c1ccc(COC(=O)CCCCCCCCC(O)CO)cc1. The molecule has 40 heavy (non-hydrogen) atoms. The van der Waals surface area contributed by atoms with Crippen LogP contribution in [0.25, 0.3) is 0 Å². The summed E-state index contributed by atoms with van der Waals surface area (Å²) in [7, 11) is 0. The van der Waals surface area contributed by atoms with Gasteiger partial charge in [-0.25, -0.2) is 0 Å². The number of unbranched alkanes of at least 4 members (excludes halogenated alkanes) is 5. The van der Waals surface area contributed by atoms with Gasteiger partial charge in [-0.1, -0.05) is 101 Å². The van der Waals surface area contributed by atoms with Gasteiger partial charge in [0.25, 0.3) is 0 Å². The molecule has 0 spiro atoms. The standard InChI is InChI=1S/C34H53NO5/c1-26(2)33(30-16-12-11-13-17-30)35(34(4,5)6)40-27(3)29-22-20-28(21-23-29)25-39-32(38)19-15-10-8-7-9-14-18-31(37)24-36/h11-13,16-17,20-23,26-27,31,33,36-37H,7-10,14-15,18-19,24-25H2,1-6H3. The van der Waals surface area contributed by atoms with E-state index < -0.39 is 6.10 Å². The zero-order valence-corrected chi connectivity index (χ0v) is 25.6. The van der Waals surface area contributed by atoms with Crippen molar-refractivity contribution in [3.63, 3.8) is 0 Å². The normalized spacial score (nSPS) is 14.3. The van der Waals surface area contributed by atoms with Gasteiger partial charge in [-0.2, -0.15) is 5.06 Å². The minimum atomic E-state index is -0.594. The topological polar surface area (TPSA) is 79.2 Å². The fourth-order valence-corrected chi connectivity index (χ4v) is 4.88. The van der Waals surface area contributed by atoms with Gasteiger partial charge in [0.05, 0.1) is 18.8 Å². The molecule has 0 aliphatic heterocycles. The minimum Gasteiger partial charge on any atom is -0.461 e. The summed E-state index contributed by atoms with van der Waals surface area (Å²) in [6.45, 7) is 13.2. The predicted molar refractivity (Wildman–Crippen MR) is 161 cm³/mol. The van der Waals surface area contributed by atoms with E-state index in [9.17, 15) is 9.90 Å². The predicted octanol–water partition coefficient (Wildman–Crippen LogP) is 7.69. The van der Waals surface area contributed by atoms with Crippen LogP contribution < -0.4 is 0 Å². The van der Waals surface area contributed by atoms with E-state index in [2.05, 4.69) is 83.0 Å². The first-order chi connectivity index (χ1) is 19.0. The molecule has 2 aromatic rings. The maximum atomic E-state index is 12.2. The number of benzene rings is 2. The van der Waals surface area contributed by atoms with Gasteiger partial charge in [0.1, 0.15) is 12.7 Å². The van der Waals surface area contributed by atoms with Gasteiger partial charge in [-0.3, -0.25) is 9.63 Å². The Morgan fingerprint density at radius 3 is 2.02 bits per heavy atom. The van der Waals surface area contributed by atoms with Gasteiger partial charge >= 0.3 is 5.97 Å². The molecule has 6 heteroatoms. The highest BCUT2D eigenvalue weighted by atomic mass is 16.7. The van der Waals surface area contributed by atoms with E-state index in [0.717, 1.165) is 49.7 Å². The van der Waals surface area contributed by atoms with Gasteiger partial charge in [-0.05, 0) is 63.1 Å². The summed E-state index contributed by atoms with van der Waals surface area (Å²) in [5, 5.41) is 20.3. The van der Waals surface area contributed by atoms with Gasteiger partial charge in [-0.15, -0.1) is 0 Å². The van der Waals surface area contributed by atoms with Crippen LogP contribution in [0.4, 0.5) is 0 Å². The lowest BCUT2D eigenvalue weighted by Crippen LogP contribution is -2.46. The molecule has 0 fully saturated rings. The molecule has 0 aromatic heterocycles. The molecule has 0 saturated heterocycles. The number of hydrogen-bond donors (Lipinski definition) is 2. The number of hydrogen-bond acceptors (Lipinski definition) is 6. The van der Waals surface area contributed by atoms with Crippen LogP contribution in [-0.2, 0) is 21.0 Å². The van der Waals surface area contributed by atoms with Crippen molar-refractivity contribution in [3.05, 3.63) is 71.3 Å². The van der Waals surface area contributed by atoms with Crippen LogP contribution in [0.5, 0.6) is 0 Å². The molecule has 0 saturated carbocycles. The van der Waals surface area contributed by atoms with Crippen LogP contribution in [0.2, 0.25) is 0 Å². The highest BCUT2D eigenvalue weighted by Gasteiger charge is 2.34. The summed E-state index contributed by atoms with van der Waals surface area (Å²) in [6.07, 6.45) is 6.30. The second-order valence-electron chi connectivity index (χ2n) is 12.2. The number of carbonyl (C=O) groups is 1. The highest BCUT2D eigenvalue weighted by molar-refractivity contribution is 5.69. The smallest absolute Gasteiger partial charge is 0.306 e. The van der Waals surface area contributed by atoms with E-state index in [1.165, 1.54) is 5.56 Å². The van der Waals surface area contributed by atoms with Crippen molar-refractivity contribution in [2.24, 2.45) is 5.92 Å². The zero-order valence-electron chi connectivity index (χ0n) is 25.6. The molecule has 2 N–H and O–H groups in total. The number of carbonyl (C=O) groups excluding carboxylic acids is 1. The molecule has 0 aliphatic carbocycles. The van der Waals surface area contributed by atoms with Crippen molar-refractivity contribution >= 4 is 5.97 Å². The highest BCUT2D eigenvalue weighted by Crippen LogP contribution is 2.37. The van der Waals surface area contributed by atoms with Crippen LogP contribution >= 0.6 is 0 Å². The molecule has 3 unspecified atom stereocenters. The van der Waals surface area contributed by atoms with Gasteiger partial charge in [0, 0.05) is 12.0 Å². The van der Waals surface area contributed by atoms with Crippen molar-refractivity contribution in [2.75, 3.05) is 6.61 Å². The molecule has 2 rings (SSSR count). The number of ether oxygens (including phenoxy) is 1. The summed E-state index contributed by atoms with van der Waals surface area (Å²) in [4.78, 5) is 18.8. The number of hydroxylamine groups is 2. The lowest BCUT2D eigenvalue weighted by atomic mass is 9.92. The second-order valence-corrected chi connectivity index (χ2v) is 12.2. The number of aliphatic hydroxyl groups is 2. The second kappa shape index (κ2) is 17.5. The number of rotatable bonds is 18. The average molecular weight is 556 g/mol. The van der Waals surface area contributed by atoms with Crippen LogP contribution in [0.3, 0.4) is 0 Å². The third kappa shape index (κ3) is 12.1. The van der Waals surface area contributed by atoms with E-state index in [0.29, 0.717) is 18.8 Å². The molecule has 0 amide bonds. The Labute approximate surface area is 242 Å².